The zero-order valence-electron chi connectivity index (χ0n) is 12.5. The second-order valence-corrected chi connectivity index (χ2v) is 5.48. The molecule has 0 radical (unpaired) electrons. The minimum atomic E-state index is 0.280. The molecule has 0 bridgehead atoms. The summed E-state index contributed by atoms with van der Waals surface area (Å²) in [6.45, 7) is 5.07. The lowest BCUT2D eigenvalue weighted by Crippen LogP contribution is -2.20. The number of hydrogen-bond acceptors (Lipinski definition) is 4. The van der Waals surface area contributed by atoms with Gasteiger partial charge >= 0.3 is 0 Å². The fraction of sp³-hybridized carbons (Fsp3) is 0.667. The topological polar surface area (TPSA) is 48.4 Å². The molecule has 1 aromatic heterocycles. The van der Waals surface area contributed by atoms with Crippen molar-refractivity contribution < 1.29 is 5.11 Å². The summed E-state index contributed by atoms with van der Waals surface area (Å²) >= 11 is 6.21. The molecule has 0 unspecified atom stereocenters. The molecule has 114 valence electrons. The molecule has 0 saturated heterocycles. The van der Waals surface area contributed by atoms with Gasteiger partial charge in [0.15, 0.2) is 0 Å². The Morgan fingerprint density at radius 2 is 2.10 bits per heavy atom. The van der Waals surface area contributed by atoms with E-state index < -0.39 is 0 Å². The van der Waals surface area contributed by atoms with E-state index in [4.69, 9.17) is 16.7 Å². The van der Waals surface area contributed by atoms with Gasteiger partial charge in [0.25, 0.3) is 0 Å². The summed E-state index contributed by atoms with van der Waals surface area (Å²) in [5.41, 5.74) is 0.914. The van der Waals surface area contributed by atoms with Gasteiger partial charge in [0.1, 0.15) is 5.82 Å². The molecule has 0 fully saturated rings. The van der Waals surface area contributed by atoms with Gasteiger partial charge in [-0.05, 0) is 51.4 Å². The third-order valence-electron chi connectivity index (χ3n) is 3.09. The molecule has 1 aromatic rings. The predicted octanol–water partition coefficient (Wildman–Crippen LogP) is 3.15. The summed E-state index contributed by atoms with van der Waals surface area (Å²) in [6.07, 6.45) is 4.09. The first-order valence-corrected chi connectivity index (χ1v) is 7.73. The third kappa shape index (κ3) is 6.55. The number of aliphatic hydroxyl groups excluding tert-OH is 1. The third-order valence-corrected chi connectivity index (χ3v) is 3.44. The average Bonchev–Trinajstić information content (AvgIpc) is 2.44. The summed E-state index contributed by atoms with van der Waals surface area (Å²) < 4.78 is 0. The van der Waals surface area contributed by atoms with Gasteiger partial charge < -0.3 is 15.3 Å². The van der Waals surface area contributed by atoms with Crippen LogP contribution in [0.1, 0.15) is 38.3 Å². The maximum absolute atomic E-state index is 8.76. The van der Waals surface area contributed by atoms with E-state index >= 15 is 0 Å². The predicted molar refractivity (Wildman–Crippen MR) is 85.3 cm³/mol. The van der Waals surface area contributed by atoms with Crippen molar-refractivity contribution in [3.8, 4) is 0 Å². The highest BCUT2D eigenvalue weighted by Gasteiger charge is 2.07. The molecular formula is C15H26ClN3O. The van der Waals surface area contributed by atoms with Crippen LogP contribution >= 0.6 is 11.6 Å². The molecule has 0 aliphatic rings. The lowest BCUT2D eigenvalue weighted by Gasteiger charge is -2.17. The van der Waals surface area contributed by atoms with Gasteiger partial charge in [0.05, 0.1) is 10.7 Å². The van der Waals surface area contributed by atoms with Gasteiger partial charge in [-0.3, -0.25) is 0 Å². The summed E-state index contributed by atoms with van der Waals surface area (Å²) in [5.74, 6) is 0.889. The van der Waals surface area contributed by atoms with Gasteiger partial charge in [-0.25, -0.2) is 4.98 Å². The van der Waals surface area contributed by atoms with Crippen molar-refractivity contribution in [2.24, 2.45) is 0 Å². The quantitative estimate of drug-likeness (QED) is 0.652. The number of aliphatic hydroxyl groups is 1. The van der Waals surface area contributed by atoms with Crippen molar-refractivity contribution in [3.63, 3.8) is 0 Å². The minimum Gasteiger partial charge on any atom is -0.396 e. The fourth-order valence-corrected chi connectivity index (χ4v) is 2.12. The number of anilines is 1. The molecule has 0 aliphatic carbocycles. The van der Waals surface area contributed by atoms with E-state index in [-0.39, 0.29) is 6.61 Å². The second kappa shape index (κ2) is 9.97. The Hall–Kier alpha value is -0.840. The van der Waals surface area contributed by atoms with Gasteiger partial charge in [0, 0.05) is 19.7 Å². The van der Waals surface area contributed by atoms with Crippen molar-refractivity contribution >= 4 is 17.4 Å². The van der Waals surface area contributed by atoms with Crippen LogP contribution < -0.4 is 5.32 Å². The van der Waals surface area contributed by atoms with Crippen LogP contribution in [0.5, 0.6) is 0 Å². The Morgan fingerprint density at radius 1 is 1.30 bits per heavy atom. The minimum absolute atomic E-state index is 0.280. The lowest BCUT2D eigenvalue weighted by atomic mass is 10.2. The van der Waals surface area contributed by atoms with E-state index in [1.807, 2.05) is 12.1 Å². The summed E-state index contributed by atoms with van der Waals surface area (Å²) in [5, 5.41) is 12.8. The number of aromatic nitrogens is 1. The highest BCUT2D eigenvalue weighted by atomic mass is 35.5. The molecule has 0 atom stereocenters. The van der Waals surface area contributed by atoms with Gasteiger partial charge in [-0.1, -0.05) is 18.5 Å². The Morgan fingerprint density at radius 3 is 2.80 bits per heavy atom. The zero-order valence-corrected chi connectivity index (χ0v) is 13.3. The van der Waals surface area contributed by atoms with Crippen molar-refractivity contribution in [1.29, 1.82) is 0 Å². The first-order valence-electron chi connectivity index (χ1n) is 7.36. The zero-order chi connectivity index (χ0) is 14.8. The molecule has 0 saturated carbocycles. The van der Waals surface area contributed by atoms with Crippen LogP contribution in [0.3, 0.4) is 0 Å². The molecule has 0 aromatic carbocycles. The lowest BCUT2D eigenvalue weighted by molar-refractivity contribution is 0.270. The van der Waals surface area contributed by atoms with Crippen molar-refractivity contribution in [2.45, 2.75) is 39.2 Å². The molecule has 1 rings (SSSR count). The van der Waals surface area contributed by atoms with Crippen LogP contribution in [0.15, 0.2) is 12.1 Å². The number of halogens is 1. The molecule has 1 heterocycles. The Kier molecular flexibility index (Phi) is 8.58. The largest absolute Gasteiger partial charge is 0.396 e. The Labute approximate surface area is 127 Å². The van der Waals surface area contributed by atoms with E-state index in [1.165, 1.54) is 0 Å². The number of unbranched alkanes of at least 4 members (excludes halogenated alkanes) is 2. The number of rotatable bonds is 10. The summed E-state index contributed by atoms with van der Waals surface area (Å²) in [4.78, 5) is 6.79. The SMILES string of the molecule is CCCNc1ccc(Cl)c(CN(C)CCCCCO)n1. The van der Waals surface area contributed by atoms with Crippen LogP contribution in [0.25, 0.3) is 0 Å². The van der Waals surface area contributed by atoms with Gasteiger partial charge in [-0.15, -0.1) is 0 Å². The second-order valence-electron chi connectivity index (χ2n) is 5.07. The van der Waals surface area contributed by atoms with Gasteiger partial charge in [-0.2, -0.15) is 0 Å². The van der Waals surface area contributed by atoms with E-state index in [9.17, 15) is 0 Å². The molecule has 0 spiro atoms. The van der Waals surface area contributed by atoms with Crippen molar-refractivity contribution in [1.82, 2.24) is 9.88 Å². The molecule has 0 amide bonds. The van der Waals surface area contributed by atoms with Crippen LogP contribution in [0, 0.1) is 0 Å². The van der Waals surface area contributed by atoms with Crippen LogP contribution in [-0.4, -0.2) is 41.7 Å². The molecular weight excluding hydrogens is 274 g/mol. The maximum atomic E-state index is 8.76. The number of pyridine rings is 1. The van der Waals surface area contributed by atoms with Crippen LogP contribution in [0.4, 0.5) is 5.82 Å². The first-order chi connectivity index (χ1) is 9.67. The van der Waals surface area contributed by atoms with E-state index in [0.29, 0.717) is 5.02 Å². The van der Waals surface area contributed by atoms with Crippen LogP contribution in [0.2, 0.25) is 5.02 Å². The van der Waals surface area contributed by atoms with Gasteiger partial charge in [0.2, 0.25) is 0 Å². The smallest absolute Gasteiger partial charge is 0.126 e. The summed E-state index contributed by atoms with van der Waals surface area (Å²) in [7, 11) is 2.07. The molecule has 2 N–H and O–H groups in total. The highest BCUT2D eigenvalue weighted by molar-refractivity contribution is 6.31. The maximum Gasteiger partial charge on any atom is 0.126 e. The first kappa shape index (κ1) is 17.2. The number of nitrogens with one attached hydrogen (secondary N) is 1. The van der Waals surface area contributed by atoms with Crippen molar-refractivity contribution in [2.75, 3.05) is 32.1 Å². The summed E-state index contributed by atoms with van der Waals surface area (Å²) in [6, 6.07) is 3.82. The number of hydrogen-bond donors (Lipinski definition) is 2. The monoisotopic (exact) mass is 299 g/mol. The Balaban J connectivity index is 2.48. The molecule has 4 nitrogen and oxygen atoms in total. The number of nitrogens with zero attached hydrogens (tertiary/aromatic N) is 2. The molecule has 20 heavy (non-hydrogen) atoms. The van der Waals surface area contributed by atoms with Crippen molar-refractivity contribution in [3.05, 3.63) is 22.8 Å². The van der Waals surface area contributed by atoms with E-state index in [2.05, 4.69) is 29.2 Å². The standard InChI is InChI=1S/C15H26ClN3O/c1-3-9-17-15-8-7-13(16)14(18-15)12-19(2)10-5-4-6-11-20/h7-8,20H,3-6,9-12H2,1-2H3,(H,17,18). The normalized spacial score (nSPS) is 11.1. The average molecular weight is 300 g/mol. The highest BCUT2D eigenvalue weighted by Crippen LogP contribution is 2.18. The van der Waals surface area contributed by atoms with E-state index in [1.54, 1.807) is 0 Å². The Bertz CT molecular complexity index is 387. The molecule has 5 heteroatoms. The fourth-order valence-electron chi connectivity index (χ4n) is 1.95. The molecule has 0 aliphatic heterocycles. The van der Waals surface area contributed by atoms with E-state index in [0.717, 1.165) is 56.8 Å². The van der Waals surface area contributed by atoms with Crippen LogP contribution in [-0.2, 0) is 6.54 Å².